The quantitative estimate of drug-likeness (QED) is 0.151. The van der Waals surface area contributed by atoms with Gasteiger partial charge in [0.15, 0.2) is 0 Å². The molecule has 0 N–H and O–H groups in total. The van der Waals surface area contributed by atoms with Crippen LogP contribution in [-0.4, -0.2) is 0 Å². The van der Waals surface area contributed by atoms with Crippen molar-refractivity contribution >= 4 is 64.6 Å². The van der Waals surface area contributed by atoms with E-state index in [9.17, 15) is 0 Å². The van der Waals surface area contributed by atoms with Gasteiger partial charge in [0.05, 0.1) is 0 Å². The molecule has 14 rings (SSSR count). The summed E-state index contributed by atoms with van der Waals surface area (Å²) in [5, 5.41) is 15.2. The van der Waals surface area contributed by atoms with Gasteiger partial charge in [0, 0.05) is 5.41 Å². The van der Waals surface area contributed by atoms with Gasteiger partial charge in [-0.2, -0.15) is 0 Å². The van der Waals surface area contributed by atoms with Crippen molar-refractivity contribution in [2.24, 2.45) is 0 Å². The maximum atomic E-state index is 2.47. The van der Waals surface area contributed by atoms with E-state index >= 15 is 0 Å². The molecule has 0 radical (unpaired) electrons. The Bertz CT molecular complexity index is 4070. The molecule has 1 aliphatic carbocycles. The van der Waals surface area contributed by atoms with E-state index in [0.717, 1.165) is 0 Å². The molecule has 0 spiro atoms. The fraction of sp³-hybridized carbons (Fsp3) is 0.0435. The van der Waals surface area contributed by atoms with Crippen LogP contribution >= 0.6 is 0 Å². The molecular weight excluding hydrogens is 829 g/mol. The summed E-state index contributed by atoms with van der Waals surface area (Å²) in [4.78, 5) is 0. The summed E-state index contributed by atoms with van der Waals surface area (Å²) in [5.41, 5.74) is 17.9. The fourth-order valence-electron chi connectivity index (χ4n) is 12.3. The van der Waals surface area contributed by atoms with Crippen LogP contribution in [0.4, 0.5) is 0 Å². The van der Waals surface area contributed by atoms with Crippen molar-refractivity contribution in [2.45, 2.75) is 19.3 Å². The third-order valence-corrected chi connectivity index (χ3v) is 15.4. The number of hydrogen-bond acceptors (Lipinski definition) is 0. The molecule has 0 heterocycles. The van der Waals surface area contributed by atoms with Gasteiger partial charge in [-0.1, -0.05) is 244 Å². The van der Waals surface area contributed by atoms with E-state index in [1.54, 1.807) is 0 Å². The molecule has 0 unspecified atom stereocenters. The first-order valence-electron chi connectivity index (χ1n) is 24.2. The largest absolute Gasteiger partial charge is 0.0619 e. The summed E-state index contributed by atoms with van der Waals surface area (Å²) in [6, 6.07) is 90.7. The van der Waals surface area contributed by atoms with E-state index in [-0.39, 0.29) is 5.41 Å². The fourth-order valence-corrected chi connectivity index (χ4v) is 12.3. The van der Waals surface area contributed by atoms with Crippen LogP contribution in [0.25, 0.3) is 131 Å². The second-order valence-electron chi connectivity index (χ2n) is 19.5. The van der Waals surface area contributed by atoms with Gasteiger partial charge >= 0.3 is 0 Å². The summed E-state index contributed by atoms with van der Waals surface area (Å²) in [5.74, 6) is 0. The zero-order valence-electron chi connectivity index (χ0n) is 38.6. The Morgan fingerprint density at radius 2 is 0.493 bits per heavy atom. The Morgan fingerprint density at radius 3 is 0.884 bits per heavy atom. The van der Waals surface area contributed by atoms with Gasteiger partial charge in [0.25, 0.3) is 0 Å². The van der Waals surface area contributed by atoms with Crippen LogP contribution in [0.3, 0.4) is 0 Å². The average molecular weight is 875 g/mol. The first-order valence-corrected chi connectivity index (χ1v) is 24.2. The molecule has 0 fully saturated rings. The smallest absolute Gasteiger partial charge is 0.0159 e. The normalized spacial score (nSPS) is 12.9. The molecule has 322 valence electrons. The topological polar surface area (TPSA) is 0 Å². The predicted molar refractivity (Wildman–Crippen MR) is 296 cm³/mol. The first kappa shape index (κ1) is 39.6. The van der Waals surface area contributed by atoms with Crippen LogP contribution in [0.15, 0.2) is 243 Å². The van der Waals surface area contributed by atoms with Gasteiger partial charge in [-0.3, -0.25) is 0 Å². The predicted octanol–water partition coefficient (Wildman–Crippen LogP) is 19.2. The summed E-state index contributed by atoms with van der Waals surface area (Å²) in [6.07, 6.45) is 0. The second kappa shape index (κ2) is 15.2. The van der Waals surface area contributed by atoms with Crippen molar-refractivity contribution in [3.63, 3.8) is 0 Å². The van der Waals surface area contributed by atoms with E-state index in [1.807, 2.05) is 0 Å². The molecule has 0 saturated heterocycles. The lowest BCUT2D eigenvalue weighted by Crippen LogP contribution is -2.14. The summed E-state index contributed by atoms with van der Waals surface area (Å²) in [7, 11) is 0. The van der Waals surface area contributed by atoms with Crippen molar-refractivity contribution in [2.75, 3.05) is 0 Å². The van der Waals surface area contributed by atoms with Crippen molar-refractivity contribution in [3.8, 4) is 66.8 Å². The van der Waals surface area contributed by atoms with Gasteiger partial charge in [0.1, 0.15) is 0 Å². The highest BCUT2D eigenvalue weighted by Crippen LogP contribution is 2.52. The molecule has 0 aliphatic heterocycles. The van der Waals surface area contributed by atoms with Gasteiger partial charge in [0.2, 0.25) is 0 Å². The number of benzene rings is 13. The lowest BCUT2D eigenvalue weighted by atomic mass is 9.80. The minimum atomic E-state index is -0.0769. The van der Waals surface area contributed by atoms with Gasteiger partial charge in [-0.25, -0.2) is 0 Å². The maximum Gasteiger partial charge on any atom is 0.0159 e. The zero-order valence-corrected chi connectivity index (χ0v) is 38.6. The molecule has 0 saturated carbocycles. The van der Waals surface area contributed by atoms with Crippen LogP contribution in [0.1, 0.15) is 25.0 Å². The Labute approximate surface area is 402 Å². The highest BCUT2D eigenvalue weighted by Gasteiger charge is 2.35. The van der Waals surface area contributed by atoms with E-state index in [4.69, 9.17) is 0 Å². The zero-order chi connectivity index (χ0) is 45.8. The minimum Gasteiger partial charge on any atom is -0.0619 e. The molecule has 0 heteroatoms. The van der Waals surface area contributed by atoms with Gasteiger partial charge < -0.3 is 0 Å². The van der Waals surface area contributed by atoms with Crippen LogP contribution in [0, 0.1) is 0 Å². The van der Waals surface area contributed by atoms with Crippen molar-refractivity contribution in [3.05, 3.63) is 254 Å². The van der Waals surface area contributed by atoms with Gasteiger partial charge in [-0.05, 0) is 155 Å². The van der Waals surface area contributed by atoms with Crippen LogP contribution in [-0.2, 0) is 5.41 Å². The SMILES string of the molecule is CC1(C)c2ccccc2-c2ccc(-c3c4ccccc4c(-c4ccc(-c5c6ccccc6c(-c6ccc(-c7c8ccccc8cc8ccccc78)cc6)c6ccccc56)cc4)c4ccccc34)cc21. The third kappa shape index (κ3) is 5.95. The number of fused-ring (bicyclic) bond motifs is 9. The van der Waals surface area contributed by atoms with Crippen LogP contribution < -0.4 is 0 Å². The lowest BCUT2D eigenvalue weighted by molar-refractivity contribution is 0.660. The molecule has 0 atom stereocenters. The third-order valence-electron chi connectivity index (χ3n) is 15.4. The molecule has 0 bridgehead atoms. The molecule has 13 aromatic rings. The van der Waals surface area contributed by atoms with E-state index in [2.05, 4.69) is 257 Å². The number of hydrogen-bond donors (Lipinski definition) is 0. The Morgan fingerprint density at radius 1 is 0.217 bits per heavy atom. The molecule has 0 nitrogen and oxygen atoms in total. The molecular formula is C69H46. The maximum absolute atomic E-state index is 2.47. The standard InChI is InChI=1S/C69H46/c1-69(2)62-30-16-15-21-52(62)53-40-39-49(42-63(53)69)68-60-28-13-11-26-58(60)67(59-27-12-14-29-61(59)68)46-37-35-45(36-38-46)66-56-24-9-7-22-54(56)65(55-23-8-10-25-57(55)66)44-33-31-43(32-34-44)64-50-19-5-3-17-47(50)41-48-18-4-6-20-51(48)64/h3-42H,1-2H3. The Balaban J connectivity index is 0.899. The molecule has 1 aliphatic rings. The Kier molecular flexibility index (Phi) is 8.73. The van der Waals surface area contributed by atoms with Gasteiger partial charge in [-0.15, -0.1) is 0 Å². The second-order valence-corrected chi connectivity index (χ2v) is 19.5. The average Bonchev–Trinajstić information content (AvgIpc) is 3.63. The molecule has 69 heavy (non-hydrogen) atoms. The minimum absolute atomic E-state index is 0.0769. The van der Waals surface area contributed by atoms with Crippen molar-refractivity contribution in [1.82, 2.24) is 0 Å². The van der Waals surface area contributed by atoms with Crippen molar-refractivity contribution in [1.29, 1.82) is 0 Å². The summed E-state index contributed by atoms with van der Waals surface area (Å²) < 4.78 is 0. The molecule has 0 amide bonds. The summed E-state index contributed by atoms with van der Waals surface area (Å²) in [6.45, 7) is 4.75. The lowest BCUT2D eigenvalue weighted by Gasteiger charge is -2.23. The molecule has 0 aromatic heterocycles. The van der Waals surface area contributed by atoms with E-state index in [0.29, 0.717) is 0 Å². The Hall–Kier alpha value is -8.58. The van der Waals surface area contributed by atoms with Crippen LogP contribution in [0.2, 0.25) is 0 Å². The highest BCUT2D eigenvalue weighted by molar-refractivity contribution is 6.23. The summed E-state index contributed by atoms with van der Waals surface area (Å²) >= 11 is 0. The van der Waals surface area contributed by atoms with Crippen LogP contribution in [0.5, 0.6) is 0 Å². The van der Waals surface area contributed by atoms with E-state index < -0.39 is 0 Å². The number of rotatable bonds is 5. The first-order chi connectivity index (χ1) is 34.0. The van der Waals surface area contributed by atoms with Crippen molar-refractivity contribution < 1.29 is 0 Å². The van der Waals surface area contributed by atoms with E-state index in [1.165, 1.54) is 143 Å². The highest BCUT2D eigenvalue weighted by atomic mass is 14.4. The monoisotopic (exact) mass is 874 g/mol. The molecule has 13 aromatic carbocycles.